The monoisotopic (exact) mass is 310 g/mol. The van der Waals surface area contributed by atoms with E-state index in [0.717, 1.165) is 18.4 Å². The predicted molar refractivity (Wildman–Crippen MR) is 89.1 cm³/mol. The van der Waals surface area contributed by atoms with Crippen LogP contribution in [0.4, 0.5) is 0 Å². The van der Waals surface area contributed by atoms with Gasteiger partial charge in [0.25, 0.3) is 0 Å². The second-order valence-electron chi connectivity index (χ2n) is 5.71. The minimum absolute atomic E-state index is 0.401. The fourth-order valence-corrected chi connectivity index (χ4v) is 2.74. The zero-order chi connectivity index (χ0) is 15.5. The molecule has 0 aliphatic rings. The molecule has 1 N–H and O–H groups in total. The molecule has 0 radical (unpaired) electrons. The highest BCUT2D eigenvalue weighted by atomic mass is 35.5. The standard InChI is InChI=1S/C18H27ClO2/c1-2-3-4-5-6-7-8-9-10-17(18(20)21)15-11-13-16(19)14-12-15/h11-14,17H,2-10H2,1H3,(H,20,21). The lowest BCUT2D eigenvalue weighted by Gasteiger charge is -2.12. The summed E-state index contributed by atoms with van der Waals surface area (Å²) >= 11 is 5.85. The van der Waals surface area contributed by atoms with Crippen molar-refractivity contribution in [2.75, 3.05) is 0 Å². The Morgan fingerprint density at radius 2 is 1.52 bits per heavy atom. The highest BCUT2D eigenvalue weighted by Crippen LogP contribution is 2.24. The molecule has 0 saturated carbocycles. The first-order valence-electron chi connectivity index (χ1n) is 8.13. The molecule has 0 fully saturated rings. The second kappa shape index (κ2) is 10.7. The Morgan fingerprint density at radius 3 is 2.05 bits per heavy atom. The van der Waals surface area contributed by atoms with Crippen LogP contribution in [0.3, 0.4) is 0 Å². The van der Waals surface area contributed by atoms with Crippen molar-refractivity contribution in [3.05, 3.63) is 34.9 Å². The van der Waals surface area contributed by atoms with Crippen LogP contribution in [0.25, 0.3) is 0 Å². The molecule has 0 aliphatic heterocycles. The van der Waals surface area contributed by atoms with E-state index in [4.69, 9.17) is 11.6 Å². The van der Waals surface area contributed by atoms with Crippen molar-refractivity contribution in [3.63, 3.8) is 0 Å². The van der Waals surface area contributed by atoms with Gasteiger partial charge < -0.3 is 5.11 Å². The largest absolute Gasteiger partial charge is 0.481 e. The lowest BCUT2D eigenvalue weighted by Crippen LogP contribution is -2.11. The Hall–Kier alpha value is -1.02. The average Bonchev–Trinajstić information content (AvgIpc) is 2.47. The lowest BCUT2D eigenvalue weighted by molar-refractivity contribution is -0.139. The van der Waals surface area contributed by atoms with E-state index < -0.39 is 11.9 Å². The van der Waals surface area contributed by atoms with E-state index in [0.29, 0.717) is 11.4 Å². The summed E-state index contributed by atoms with van der Waals surface area (Å²) in [6, 6.07) is 7.18. The molecule has 1 aromatic rings. The summed E-state index contributed by atoms with van der Waals surface area (Å²) in [6.45, 7) is 2.23. The zero-order valence-corrected chi connectivity index (χ0v) is 13.7. The Bertz CT molecular complexity index is 400. The number of hydrogen-bond donors (Lipinski definition) is 1. The molecule has 3 heteroatoms. The highest BCUT2D eigenvalue weighted by Gasteiger charge is 2.18. The van der Waals surface area contributed by atoms with Gasteiger partial charge in [-0.25, -0.2) is 0 Å². The van der Waals surface area contributed by atoms with Crippen LogP contribution in [-0.4, -0.2) is 11.1 Å². The number of halogens is 1. The number of rotatable bonds is 11. The number of carboxylic acid groups (broad SMARTS) is 1. The molecule has 0 heterocycles. The Balaban J connectivity index is 2.26. The SMILES string of the molecule is CCCCCCCCCCC(C(=O)O)c1ccc(Cl)cc1. The zero-order valence-electron chi connectivity index (χ0n) is 13.0. The number of carboxylic acids is 1. The topological polar surface area (TPSA) is 37.3 Å². The van der Waals surface area contributed by atoms with E-state index in [1.807, 2.05) is 12.1 Å². The van der Waals surface area contributed by atoms with Gasteiger partial charge in [-0.05, 0) is 24.1 Å². The maximum absolute atomic E-state index is 11.4. The van der Waals surface area contributed by atoms with E-state index in [9.17, 15) is 9.90 Å². The fraction of sp³-hybridized carbons (Fsp3) is 0.611. The molecule has 21 heavy (non-hydrogen) atoms. The summed E-state index contributed by atoms with van der Waals surface area (Å²) in [4.78, 5) is 11.4. The van der Waals surface area contributed by atoms with Gasteiger partial charge in [0.1, 0.15) is 0 Å². The van der Waals surface area contributed by atoms with Crippen LogP contribution in [0.2, 0.25) is 5.02 Å². The summed E-state index contributed by atoms with van der Waals surface area (Å²) in [5.41, 5.74) is 0.856. The molecular weight excluding hydrogens is 284 g/mol. The van der Waals surface area contributed by atoms with E-state index in [1.165, 1.54) is 38.5 Å². The highest BCUT2D eigenvalue weighted by molar-refractivity contribution is 6.30. The molecule has 0 aromatic heterocycles. The molecule has 2 nitrogen and oxygen atoms in total. The number of carbonyl (C=O) groups is 1. The summed E-state index contributed by atoms with van der Waals surface area (Å²) in [6.07, 6.45) is 10.6. The molecule has 1 aromatic carbocycles. The minimum atomic E-state index is -0.736. The number of benzene rings is 1. The smallest absolute Gasteiger partial charge is 0.310 e. The van der Waals surface area contributed by atoms with Gasteiger partial charge in [0.2, 0.25) is 0 Å². The van der Waals surface area contributed by atoms with Gasteiger partial charge in [-0.3, -0.25) is 4.79 Å². The minimum Gasteiger partial charge on any atom is -0.481 e. The van der Waals surface area contributed by atoms with E-state index >= 15 is 0 Å². The maximum atomic E-state index is 11.4. The third-order valence-electron chi connectivity index (χ3n) is 3.92. The Morgan fingerprint density at radius 1 is 1.00 bits per heavy atom. The first-order chi connectivity index (χ1) is 10.1. The van der Waals surface area contributed by atoms with Crippen LogP contribution >= 0.6 is 11.6 Å². The first-order valence-corrected chi connectivity index (χ1v) is 8.51. The average molecular weight is 311 g/mol. The van der Waals surface area contributed by atoms with Crippen LogP contribution in [0.5, 0.6) is 0 Å². The van der Waals surface area contributed by atoms with Gasteiger partial charge in [-0.1, -0.05) is 82.0 Å². The molecule has 0 saturated heterocycles. The van der Waals surface area contributed by atoms with Crippen LogP contribution in [0.15, 0.2) is 24.3 Å². The molecule has 1 unspecified atom stereocenters. The van der Waals surface area contributed by atoms with E-state index in [1.54, 1.807) is 12.1 Å². The molecule has 1 atom stereocenters. The summed E-state index contributed by atoms with van der Waals surface area (Å²) < 4.78 is 0. The van der Waals surface area contributed by atoms with Gasteiger partial charge in [0.15, 0.2) is 0 Å². The van der Waals surface area contributed by atoms with Crippen molar-refractivity contribution in [1.29, 1.82) is 0 Å². The normalized spacial score (nSPS) is 12.3. The van der Waals surface area contributed by atoms with Crippen LogP contribution < -0.4 is 0 Å². The van der Waals surface area contributed by atoms with Crippen molar-refractivity contribution < 1.29 is 9.90 Å². The van der Waals surface area contributed by atoms with Crippen LogP contribution in [0.1, 0.15) is 76.2 Å². The first kappa shape index (κ1) is 18.0. The number of aliphatic carboxylic acids is 1. The molecule has 0 bridgehead atoms. The summed E-state index contributed by atoms with van der Waals surface area (Å²) in [5, 5.41) is 10.0. The summed E-state index contributed by atoms with van der Waals surface area (Å²) in [7, 11) is 0. The maximum Gasteiger partial charge on any atom is 0.310 e. The Labute approximate surface area is 133 Å². The van der Waals surface area contributed by atoms with Crippen molar-refractivity contribution in [1.82, 2.24) is 0 Å². The van der Waals surface area contributed by atoms with Crippen molar-refractivity contribution in [2.24, 2.45) is 0 Å². The molecule has 1 rings (SSSR count). The van der Waals surface area contributed by atoms with Crippen LogP contribution in [-0.2, 0) is 4.79 Å². The third-order valence-corrected chi connectivity index (χ3v) is 4.17. The molecule has 118 valence electrons. The molecule has 0 spiro atoms. The van der Waals surface area contributed by atoms with E-state index in [2.05, 4.69) is 6.92 Å². The van der Waals surface area contributed by atoms with Gasteiger partial charge in [-0.2, -0.15) is 0 Å². The van der Waals surface area contributed by atoms with Crippen molar-refractivity contribution >= 4 is 17.6 Å². The molecule has 0 aliphatic carbocycles. The summed E-state index contributed by atoms with van der Waals surface area (Å²) in [5.74, 6) is -1.14. The molecule has 0 amide bonds. The van der Waals surface area contributed by atoms with Gasteiger partial charge >= 0.3 is 5.97 Å². The fourth-order valence-electron chi connectivity index (χ4n) is 2.61. The van der Waals surface area contributed by atoms with E-state index in [-0.39, 0.29) is 0 Å². The number of unbranched alkanes of at least 4 members (excludes halogenated alkanes) is 7. The van der Waals surface area contributed by atoms with Crippen LogP contribution in [0, 0.1) is 0 Å². The molecular formula is C18H27ClO2. The van der Waals surface area contributed by atoms with Crippen molar-refractivity contribution in [2.45, 2.75) is 70.6 Å². The van der Waals surface area contributed by atoms with Gasteiger partial charge in [0.05, 0.1) is 5.92 Å². The van der Waals surface area contributed by atoms with Gasteiger partial charge in [-0.15, -0.1) is 0 Å². The van der Waals surface area contributed by atoms with Crippen molar-refractivity contribution in [3.8, 4) is 0 Å². The van der Waals surface area contributed by atoms with Gasteiger partial charge in [0, 0.05) is 5.02 Å². The Kier molecular flexibility index (Phi) is 9.16. The lowest BCUT2D eigenvalue weighted by atomic mass is 9.93. The number of hydrogen-bond acceptors (Lipinski definition) is 1. The quantitative estimate of drug-likeness (QED) is 0.506. The predicted octanol–water partition coefficient (Wildman–Crippen LogP) is 6.04. The second-order valence-corrected chi connectivity index (χ2v) is 6.14. The third kappa shape index (κ3) is 7.52.